The smallest absolute Gasteiger partial charge is 0.110 e. The molecule has 0 fully saturated rings. The molecule has 0 N–H and O–H groups in total. The predicted octanol–water partition coefficient (Wildman–Crippen LogP) is 3.80. The van der Waals surface area contributed by atoms with Crippen molar-refractivity contribution in [3.05, 3.63) is 46.0 Å². The summed E-state index contributed by atoms with van der Waals surface area (Å²) >= 11 is 12.0. The molecule has 15 heavy (non-hydrogen) atoms. The molecular weight excluding hydrogens is 231 g/mol. The molecule has 0 saturated carbocycles. The Hall–Kier alpha value is -0.990. The van der Waals surface area contributed by atoms with E-state index >= 15 is 0 Å². The summed E-state index contributed by atoms with van der Waals surface area (Å²) in [7, 11) is 0. The molecule has 0 spiro atoms. The Kier molecular flexibility index (Phi) is 2.72. The van der Waals surface area contributed by atoms with Crippen molar-refractivity contribution in [3.63, 3.8) is 0 Å². The van der Waals surface area contributed by atoms with Crippen molar-refractivity contribution in [1.29, 1.82) is 0 Å². The summed E-state index contributed by atoms with van der Waals surface area (Å²) in [5, 5.41) is 1.27. The quantitative estimate of drug-likeness (QED) is 0.742. The van der Waals surface area contributed by atoms with E-state index in [0.29, 0.717) is 10.0 Å². The largest absolute Gasteiger partial charge is 0.302 e. The topological polar surface area (TPSA) is 17.8 Å². The second-order valence-corrected chi connectivity index (χ2v) is 4.24. The molecule has 0 aliphatic heterocycles. The zero-order chi connectivity index (χ0) is 11.0. The van der Waals surface area contributed by atoms with Crippen LogP contribution < -0.4 is 0 Å². The molecule has 2 rings (SSSR count). The van der Waals surface area contributed by atoms with Gasteiger partial charge in [-0.05, 0) is 32.0 Å². The molecule has 0 atom stereocenters. The monoisotopic (exact) mass is 240 g/mol. The lowest BCUT2D eigenvalue weighted by Crippen LogP contribution is -1.95. The Morgan fingerprint density at radius 2 is 1.93 bits per heavy atom. The van der Waals surface area contributed by atoms with Gasteiger partial charge in [-0.15, -0.1) is 0 Å². The van der Waals surface area contributed by atoms with Crippen LogP contribution in [0.2, 0.25) is 10.0 Å². The van der Waals surface area contributed by atoms with Crippen LogP contribution in [0.4, 0.5) is 0 Å². The normalized spacial score (nSPS) is 10.7. The Balaban J connectivity index is 2.59. The van der Waals surface area contributed by atoms with E-state index in [4.69, 9.17) is 23.2 Å². The second-order valence-electron chi connectivity index (χ2n) is 3.40. The van der Waals surface area contributed by atoms with Gasteiger partial charge in [-0.2, -0.15) is 0 Å². The first-order valence-corrected chi connectivity index (χ1v) is 5.31. The van der Waals surface area contributed by atoms with E-state index in [1.807, 2.05) is 36.7 Å². The summed E-state index contributed by atoms with van der Waals surface area (Å²) < 4.78 is 1.95. The van der Waals surface area contributed by atoms with Crippen LogP contribution in [0.1, 0.15) is 11.5 Å². The first kappa shape index (κ1) is 10.5. The summed E-state index contributed by atoms with van der Waals surface area (Å²) in [6, 6.07) is 5.43. The third-order valence-corrected chi connectivity index (χ3v) is 2.71. The first-order chi connectivity index (χ1) is 7.08. The summed E-state index contributed by atoms with van der Waals surface area (Å²) in [5.41, 5.74) is 1.87. The lowest BCUT2D eigenvalue weighted by atomic mass is 10.3. The molecule has 0 aliphatic carbocycles. The number of rotatable bonds is 1. The number of hydrogen-bond acceptors (Lipinski definition) is 1. The number of benzene rings is 1. The van der Waals surface area contributed by atoms with Gasteiger partial charge in [0.25, 0.3) is 0 Å². The van der Waals surface area contributed by atoms with E-state index in [9.17, 15) is 0 Å². The van der Waals surface area contributed by atoms with Crippen molar-refractivity contribution in [3.8, 4) is 5.69 Å². The molecule has 0 aliphatic rings. The van der Waals surface area contributed by atoms with Crippen LogP contribution in [0.3, 0.4) is 0 Å². The fraction of sp³-hybridized carbons (Fsp3) is 0.182. The standard InChI is InChI=1S/C11H10Cl2N2/c1-7-6-15(8(2)14-7)11-4-3-9(12)5-10(11)13/h3-6H,1-2H3. The van der Waals surface area contributed by atoms with Gasteiger partial charge in [-0.1, -0.05) is 23.2 Å². The number of imidazole rings is 1. The highest BCUT2D eigenvalue weighted by molar-refractivity contribution is 6.35. The van der Waals surface area contributed by atoms with Gasteiger partial charge in [-0.25, -0.2) is 4.98 Å². The molecule has 0 unspecified atom stereocenters. The molecule has 78 valence electrons. The molecular formula is C11H10Cl2N2. The lowest BCUT2D eigenvalue weighted by Gasteiger charge is -2.07. The molecule has 2 nitrogen and oxygen atoms in total. The fourth-order valence-corrected chi connectivity index (χ4v) is 2.04. The van der Waals surface area contributed by atoms with E-state index in [0.717, 1.165) is 17.2 Å². The van der Waals surface area contributed by atoms with E-state index in [1.54, 1.807) is 6.07 Å². The molecule has 4 heteroatoms. The van der Waals surface area contributed by atoms with Gasteiger partial charge in [0.05, 0.1) is 16.4 Å². The van der Waals surface area contributed by atoms with Gasteiger partial charge >= 0.3 is 0 Å². The van der Waals surface area contributed by atoms with E-state index in [1.165, 1.54) is 0 Å². The number of hydrogen-bond donors (Lipinski definition) is 0. The molecule has 0 bridgehead atoms. The molecule has 1 aromatic carbocycles. The number of aryl methyl sites for hydroxylation is 2. The number of aromatic nitrogens is 2. The Morgan fingerprint density at radius 1 is 1.20 bits per heavy atom. The van der Waals surface area contributed by atoms with E-state index < -0.39 is 0 Å². The van der Waals surface area contributed by atoms with Gasteiger partial charge in [0.1, 0.15) is 5.82 Å². The number of halogens is 2. The van der Waals surface area contributed by atoms with Gasteiger partial charge in [0.2, 0.25) is 0 Å². The van der Waals surface area contributed by atoms with Crippen molar-refractivity contribution < 1.29 is 0 Å². The Bertz CT molecular complexity index is 503. The van der Waals surface area contributed by atoms with Crippen LogP contribution in [0.25, 0.3) is 5.69 Å². The summed E-state index contributed by atoms with van der Waals surface area (Å²) in [6.07, 6.45) is 1.95. The minimum Gasteiger partial charge on any atom is -0.302 e. The number of nitrogens with zero attached hydrogens (tertiary/aromatic N) is 2. The third kappa shape index (κ3) is 2.01. The van der Waals surface area contributed by atoms with Gasteiger partial charge in [-0.3, -0.25) is 0 Å². The average molecular weight is 241 g/mol. The highest BCUT2D eigenvalue weighted by atomic mass is 35.5. The minimum absolute atomic E-state index is 0.628. The lowest BCUT2D eigenvalue weighted by molar-refractivity contribution is 0.974. The molecule has 2 aromatic rings. The maximum absolute atomic E-state index is 6.11. The van der Waals surface area contributed by atoms with Gasteiger partial charge < -0.3 is 4.57 Å². The van der Waals surface area contributed by atoms with Gasteiger partial charge in [0.15, 0.2) is 0 Å². The highest BCUT2D eigenvalue weighted by Crippen LogP contribution is 2.25. The Morgan fingerprint density at radius 3 is 2.47 bits per heavy atom. The van der Waals surface area contributed by atoms with Crippen LogP contribution in [0.15, 0.2) is 24.4 Å². The van der Waals surface area contributed by atoms with Crippen molar-refractivity contribution in [1.82, 2.24) is 9.55 Å². The molecule has 0 amide bonds. The fourth-order valence-electron chi connectivity index (χ4n) is 1.54. The van der Waals surface area contributed by atoms with E-state index in [-0.39, 0.29) is 0 Å². The first-order valence-electron chi connectivity index (χ1n) is 4.56. The van der Waals surface area contributed by atoms with E-state index in [2.05, 4.69) is 4.98 Å². The summed E-state index contributed by atoms with van der Waals surface area (Å²) in [5.74, 6) is 0.914. The summed E-state index contributed by atoms with van der Waals surface area (Å²) in [6.45, 7) is 3.89. The van der Waals surface area contributed by atoms with Crippen LogP contribution in [0.5, 0.6) is 0 Å². The maximum Gasteiger partial charge on any atom is 0.110 e. The van der Waals surface area contributed by atoms with Crippen LogP contribution in [-0.2, 0) is 0 Å². The molecule has 1 aromatic heterocycles. The minimum atomic E-state index is 0.628. The van der Waals surface area contributed by atoms with Crippen molar-refractivity contribution >= 4 is 23.2 Å². The van der Waals surface area contributed by atoms with Crippen molar-refractivity contribution in [2.24, 2.45) is 0 Å². The zero-order valence-electron chi connectivity index (χ0n) is 8.46. The molecule has 0 saturated heterocycles. The summed E-state index contributed by atoms with van der Waals surface area (Å²) in [4.78, 5) is 4.32. The highest BCUT2D eigenvalue weighted by Gasteiger charge is 2.07. The van der Waals surface area contributed by atoms with Crippen LogP contribution in [0, 0.1) is 13.8 Å². The predicted molar refractivity (Wildman–Crippen MR) is 63.1 cm³/mol. The Labute approximate surface area is 98.5 Å². The zero-order valence-corrected chi connectivity index (χ0v) is 9.97. The third-order valence-electron chi connectivity index (χ3n) is 2.17. The van der Waals surface area contributed by atoms with Crippen LogP contribution in [-0.4, -0.2) is 9.55 Å². The second kappa shape index (κ2) is 3.87. The van der Waals surface area contributed by atoms with Crippen molar-refractivity contribution in [2.75, 3.05) is 0 Å². The average Bonchev–Trinajstić information content (AvgIpc) is 2.45. The SMILES string of the molecule is Cc1cn(-c2ccc(Cl)cc2Cl)c(C)n1. The molecule has 1 heterocycles. The maximum atomic E-state index is 6.11. The van der Waals surface area contributed by atoms with Gasteiger partial charge in [0, 0.05) is 11.2 Å². The van der Waals surface area contributed by atoms with Crippen molar-refractivity contribution in [2.45, 2.75) is 13.8 Å². The van der Waals surface area contributed by atoms with Crippen LogP contribution >= 0.6 is 23.2 Å². The molecule has 0 radical (unpaired) electrons.